The van der Waals surface area contributed by atoms with E-state index in [0.29, 0.717) is 6.04 Å². The van der Waals surface area contributed by atoms with Gasteiger partial charge >= 0.3 is 0 Å². The third kappa shape index (κ3) is 2.43. The van der Waals surface area contributed by atoms with Gasteiger partial charge in [0.1, 0.15) is 6.29 Å². The molecule has 0 aliphatic rings. The summed E-state index contributed by atoms with van der Waals surface area (Å²) in [5.74, 6) is 0. The van der Waals surface area contributed by atoms with Crippen LogP contribution >= 0.6 is 0 Å². The van der Waals surface area contributed by atoms with Crippen LogP contribution in [0, 0.1) is 0 Å². The summed E-state index contributed by atoms with van der Waals surface area (Å²) in [6.45, 7) is 8.19. The van der Waals surface area contributed by atoms with Gasteiger partial charge in [-0.2, -0.15) is 0 Å². The third-order valence-corrected chi connectivity index (χ3v) is 3.05. The first-order valence-corrected chi connectivity index (χ1v) is 5.69. The molecule has 1 aromatic carbocycles. The number of rotatable bonds is 4. The van der Waals surface area contributed by atoms with Gasteiger partial charge < -0.3 is 9.69 Å². The molecule has 2 heteroatoms. The molecule has 0 unspecified atom stereocenters. The lowest BCUT2D eigenvalue weighted by molar-refractivity contribution is -0.111. The summed E-state index contributed by atoms with van der Waals surface area (Å²) in [7, 11) is 2.06. The molecule has 0 saturated heterocycles. The van der Waals surface area contributed by atoms with Crippen molar-refractivity contribution < 1.29 is 4.79 Å². The fraction of sp³-hybridized carbons (Fsp3) is 0.500. The lowest BCUT2D eigenvalue weighted by Crippen LogP contribution is -2.30. The minimum absolute atomic E-state index is 0.420. The van der Waals surface area contributed by atoms with Crippen molar-refractivity contribution in [1.82, 2.24) is 0 Å². The Morgan fingerprint density at radius 2 is 1.81 bits per heavy atom. The quantitative estimate of drug-likeness (QED) is 0.725. The van der Waals surface area contributed by atoms with E-state index in [4.69, 9.17) is 0 Å². The Kier molecular flexibility index (Phi) is 3.74. The van der Waals surface area contributed by atoms with Crippen LogP contribution in [0.3, 0.4) is 0 Å². The summed E-state index contributed by atoms with van der Waals surface area (Å²) in [6, 6.07) is 8.52. The Morgan fingerprint density at radius 1 is 1.25 bits per heavy atom. The second-order valence-corrected chi connectivity index (χ2v) is 5.06. The van der Waals surface area contributed by atoms with Gasteiger partial charge in [0.2, 0.25) is 0 Å². The number of anilines is 1. The first kappa shape index (κ1) is 12.8. The van der Waals surface area contributed by atoms with Gasteiger partial charge in [-0.1, -0.05) is 18.2 Å². The average Bonchev–Trinajstić information content (AvgIpc) is 2.28. The number of carbonyl (C=O) groups excluding carboxylic acids is 1. The highest BCUT2D eigenvalue weighted by atomic mass is 16.1. The van der Waals surface area contributed by atoms with Crippen molar-refractivity contribution in [3.8, 4) is 0 Å². The first-order chi connectivity index (χ1) is 7.40. The zero-order chi connectivity index (χ0) is 12.3. The molecule has 0 aliphatic heterocycles. The molecule has 0 aromatic heterocycles. The summed E-state index contributed by atoms with van der Waals surface area (Å²) >= 11 is 0. The molecule has 0 saturated carbocycles. The van der Waals surface area contributed by atoms with Crippen LogP contribution in [-0.2, 0) is 10.2 Å². The molecule has 0 heterocycles. The smallest absolute Gasteiger partial charge is 0.130 e. The summed E-state index contributed by atoms with van der Waals surface area (Å²) in [4.78, 5) is 13.3. The predicted molar refractivity (Wildman–Crippen MR) is 69.1 cm³/mol. The second-order valence-electron chi connectivity index (χ2n) is 5.06. The average molecular weight is 219 g/mol. The number of para-hydroxylation sites is 1. The van der Waals surface area contributed by atoms with Crippen LogP contribution in [0.1, 0.15) is 33.3 Å². The van der Waals surface area contributed by atoms with E-state index >= 15 is 0 Å². The van der Waals surface area contributed by atoms with Crippen molar-refractivity contribution in [2.75, 3.05) is 11.9 Å². The Hall–Kier alpha value is -1.31. The molecule has 0 N–H and O–H groups in total. The molecule has 0 aliphatic carbocycles. The van der Waals surface area contributed by atoms with Crippen LogP contribution in [-0.4, -0.2) is 19.4 Å². The van der Waals surface area contributed by atoms with Gasteiger partial charge in [0.15, 0.2) is 0 Å². The Labute approximate surface area is 98.3 Å². The van der Waals surface area contributed by atoms with E-state index in [2.05, 4.69) is 31.9 Å². The van der Waals surface area contributed by atoms with Crippen LogP contribution in [0.2, 0.25) is 0 Å². The van der Waals surface area contributed by atoms with Crippen molar-refractivity contribution in [3.63, 3.8) is 0 Å². The molecule has 1 rings (SSSR count). The van der Waals surface area contributed by atoms with E-state index in [-0.39, 0.29) is 0 Å². The van der Waals surface area contributed by atoms with Gasteiger partial charge in [-0.15, -0.1) is 0 Å². The highest BCUT2D eigenvalue weighted by molar-refractivity contribution is 5.73. The summed E-state index contributed by atoms with van der Waals surface area (Å²) < 4.78 is 0. The van der Waals surface area contributed by atoms with Gasteiger partial charge in [-0.25, -0.2) is 0 Å². The van der Waals surface area contributed by atoms with Gasteiger partial charge in [-0.3, -0.25) is 0 Å². The van der Waals surface area contributed by atoms with Crippen molar-refractivity contribution in [3.05, 3.63) is 29.8 Å². The largest absolute Gasteiger partial charge is 0.372 e. The van der Waals surface area contributed by atoms with Crippen molar-refractivity contribution >= 4 is 12.0 Å². The lowest BCUT2D eigenvalue weighted by atomic mass is 9.84. The van der Waals surface area contributed by atoms with E-state index in [1.165, 1.54) is 0 Å². The summed E-state index contributed by atoms with van der Waals surface area (Å²) in [6.07, 6.45) is 1.01. The summed E-state index contributed by atoms with van der Waals surface area (Å²) in [5, 5.41) is 0. The summed E-state index contributed by atoms with van der Waals surface area (Å²) in [5.41, 5.74) is 1.79. The maximum Gasteiger partial charge on any atom is 0.130 e. The van der Waals surface area contributed by atoms with Crippen molar-refractivity contribution in [2.45, 2.75) is 39.2 Å². The fourth-order valence-corrected chi connectivity index (χ4v) is 1.67. The Balaban J connectivity index is 3.25. The number of nitrogens with zero attached hydrogens (tertiary/aromatic N) is 1. The SMILES string of the molecule is CC(C)N(C)c1ccccc1C(C)(C)C=O. The molecule has 1 aromatic rings. The highest BCUT2D eigenvalue weighted by Crippen LogP contribution is 2.30. The zero-order valence-corrected chi connectivity index (χ0v) is 10.8. The molecule has 0 amide bonds. The normalized spacial score (nSPS) is 11.6. The number of hydrogen-bond acceptors (Lipinski definition) is 2. The van der Waals surface area contributed by atoms with Crippen molar-refractivity contribution in [2.24, 2.45) is 0 Å². The molecule has 0 radical (unpaired) electrons. The maximum absolute atomic E-state index is 11.2. The van der Waals surface area contributed by atoms with Gasteiger partial charge in [0.25, 0.3) is 0 Å². The maximum atomic E-state index is 11.2. The fourth-order valence-electron chi connectivity index (χ4n) is 1.67. The Morgan fingerprint density at radius 3 is 2.31 bits per heavy atom. The van der Waals surface area contributed by atoms with Crippen molar-refractivity contribution in [1.29, 1.82) is 0 Å². The molecular formula is C14H21NO. The molecule has 0 spiro atoms. The predicted octanol–water partition coefficient (Wildman–Crippen LogP) is 3.01. The molecular weight excluding hydrogens is 198 g/mol. The minimum atomic E-state index is -0.431. The third-order valence-electron chi connectivity index (χ3n) is 3.05. The number of hydrogen-bond donors (Lipinski definition) is 0. The minimum Gasteiger partial charge on any atom is -0.372 e. The van der Waals surface area contributed by atoms with E-state index in [9.17, 15) is 4.79 Å². The number of carbonyl (C=O) groups is 1. The monoisotopic (exact) mass is 219 g/mol. The van der Waals surface area contributed by atoms with Gasteiger partial charge in [-0.05, 0) is 39.3 Å². The second kappa shape index (κ2) is 4.69. The number of benzene rings is 1. The molecule has 88 valence electrons. The standard InChI is InChI=1S/C14H21NO/c1-11(2)15(5)13-9-7-6-8-12(13)14(3,4)10-16/h6-11H,1-5H3. The zero-order valence-electron chi connectivity index (χ0n) is 10.8. The van der Waals surface area contributed by atoms with E-state index < -0.39 is 5.41 Å². The van der Waals surface area contributed by atoms with Crippen LogP contribution in [0.15, 0.2) is 24.3 Å². The molecule has 2 nitrogen and oxygen atoms in total. The molecule has 16 heavy (non-hydrogen) atoms. The molecule has 0 fully saturated rings. The highest BCUT2D eigenvalue weighted by Gasteiger charge is 2.24. The topological polar surface area (TPSA) is 20.3 Å². The van der Waals surface area contributed by atoms with Crippen LogP contribution in [0.4, 0.5) is 5.69 Å². The first-order valence-electron chi connectivity index (χ1n) is 5.69. The Bertz CT molecular complexity index is 369. The lowest BCUT2D eigenvalue weighted by Gasteiger charge is -2.30. The van der Waals surface area contributed by atoms with E-state index in [0.717, 1.165) is 17.5 Å². The van der Waals surface area contributed by atoms with Crippen LogP contribution < -0.4 is 4.90 Å². The van der Waals surface area contributed by atoms with Crippen LogP contribution in [0.25, 0.3) is 0 Å². The molecule has 0 bridgehead atoms. The van der Waals surface area contributed by atoms with E-state index in [1.54, 1.807) is 0 Å². The van der Waals surface area contributed by atoms with E-state index in [1.807, 2.05) is 32.0 Å². The van der Waals surface area contributed by atoms with Crippen LogP contribution in [0.5, 0.6) is 0 Å². The van der Waals surface area contributed by atoms with Gasteiger partial charge in [0.05, 0.1) is 0 Å². The van der Waals surface area contributed by atoms with Gasteiger partial charge in [0, 0.05) is 24.2 Å². The molecule has 0 atom stereocenters. The number of aldehydes is 1.